The summed E-state index contributed by atoms with van der Waals surface area (Å²) in [6.07, 6.45) is 1.56. The van der Waals surface area contributed by atoms with E-state index in [-0.39, 0.29) is 30.2 Å². The molecule has 12 heteroatoms. The number of esters is 1. The number of halogens is 2. The van der Waals surface area contributed by atoms with Crippen LogP contribution in [0.2, 0.25) is 5.02 Å². The molecule has 1 fully saturated rings. The number of ether oxygens (including phenoxy) is 1. The number of carbonyl (C=O) groups is 3. The van der Waals surface area contributed by atoms with Gasteiger partial charge in [0.1, 0.15) is 5.69 Å². The fraction of sp³-hybridized carbons (Fsp3) is 0.417. The Labute approximate surface area is 223 Å². The number of hydrogen-bond donors (Lipinski definition) is 3. The van der Waals surface area contributed by atoms with Gasteiger partial charge < -0.3 is 25.3 Å². The number of thiazole rings is 1. The van der Waals surface area contributed by atoms with E-state index in [4.69, 9.17) is 16.3 Å². The molecule has 3 N–H and O–H groups in total. The number of amides is 2. The molecule has 1 aliphatic heterocycles. The number of H-pyrrole nitrogens is 1. The monoisotopic (exact) mass is 551 g/mol. The standard InChI is InChI=1S/C24H26ClN5O4S.ClH/c1-30-6-5-16-20(11-30)35-23(29-16)22(32)28-18-10-13(24(33)34-2)9-17(18)27-21(31)19-8-12-7-14(25)3-4-15(12)26-19;/h3-4,7-8,13,17-18,26H,5-6,9-11H2,1-2H3,(H,27,31)(H,28,32);1H/t13?,17?,18-;/m1./s1. The first-order valence-corrected chi connectivity index (χ1v) is 12.6. The Hall–Kier alpha value is -2.66. The summed E-state index contributed by atoms with van der Waals surface area (Å²) >= 11 is 7.46. The molecule has 3 aromatic rings. The Bertz CT molecular complexity index is 1310. The van der Waals surface area contributed by atoms with E-state index >= 15 is 0 Å². The van der Waals surface area contributed by atoms with Crippen molar-refractivity contribution in [2.24, 2.45) is 5.92 Å². The maximum Gasteiger partial charge on any atom is 0.308 e. The molecule has 5 rings (SSSR count). The highest BCUT2D eigenvalue weighted by Crippen LogP contribution is 2.29. The molecule has 2 aromatic heterocycles. The van der Waals surface area contributed by atoms with Crippen molar-refractivity contribution in [1.29, 1.82) is 0 Å². The normalized spacial score (nSPS) is 21.5. The van der Waals surface area contributed by atoms with Crippen molar-refractivity contribution < 1.29 is 19.1 Å². The number of rotatable bonds is 5. The summed E-state index contributed by atoms with van der Waals surface area (Å²) in [5.74, 6) is -1.38. The van der Waals surface area contributed by atoms with Gasteiger partial charge in [0.05, 0.1) is 30.8 Å². The number of aromatic nitrogens is 2. The van der Waals surface area contributed by atoms with Gasteiger partial charge in [-0.15, -0.1) is 23.7 Å². The quantitative estimate of drug-likeness (QED) is 0.419. The lowest BCUT2D eigenvalue weighted by Gasteiger charge is -2.21. The lowest BCUT2D eigenvalue weighted by molar-refractivity contribution is -0.145. The molecule has 0 spiro atoms. The van der Waals surface area contributed by atoms with Crippen LogP contribution < -0.4 is 10.6 Å². The van der Waals surface area contributed by atoms with Crippen molar-refractivity contribution in [3.8, 4) is 0 Å². The van der Waals surface area contributed by atoms with Crippen molar-refractivity contribution in [2.75, 3.05) is 20.7 Å². The molecule has 2 aliphatic rings. The third-order valence-electron chi connectivity index (χ3n) is 6.67. The number of hydrogen-bond acceptors (Lipinski definition) is 7. The highest BCUT2D eigenvalue weighted by Gasteiger charge is 2.40. The van der Waals surface area contributed by atoms with Crippen LogP contribution in [0.15, 0.2) is 24.3 Å². The molecule has 1 saturated carbocycles. The number of carbonyl (C=O) groups excluding carboxylic acids is 3. The zero-order chi connectivity index (χ0) is 24.7. The lowest BCUT2D eigenvalue weighted by atomic mass is 10.1. The molecule has 1 aromatic carbocycles. The number of likely N-dealkylation sites (N-methyl/N-ethyl adjacent to an activating group) is 1. The number of nitrogens with zero attached hydrogens (tertiary/aromatic N) is 2. The summed E-state index contributed by atoms with van der Waals surface area (Å²) in [6, 6.07) is 6.20. The topological polar surface area (TPSA) is 116 Å². The van der Waals surface area contributed by atoms with Crippen molar-refractivity contribution in [3.63, 3.8) is 0 Å². The number of nitrogens with one attached hydrogen (secondary N) is 3. The predicted molar refractivity (Wildman–Crippen MR) is 140 cm³/mol. The van der Waals surface area contributed by atoms with Crippen LogP contribution in [0.4, 0.5) is 0 Å². The van der Waals surface area contributed by atoms with Gasteiger partial charge in [0, 0.05) is 40.3 Å². The Morgan fingerprint density at radius 2 is 1.89 bits per heavy atom. The summed E-state index contributed by atoms with van der Waals surface area (Å²) in [5.41, 5.74) is 2.15. The summed E-state index contributed by atoms with van der Waals surface area (Å²) in [5, 5.41) is 7.82. The summed E-state index contributed by atoms with van der Waals surface area (Å²) in [7, 11) is 3.39. The van der Waals surface area contributed by atoms with Crippen molar-refractivity contribution in [3.05, 3.63) is 50.6 Å². The molecular weight excluding hydrogens is 525 g/mol. The molecule has 1 aliphatic carbocycles. The van der Waals surface area contributed by atoms with E-state index in [0.29, 0.717) is 28.6 Å². The van der Waals surface area contributed by atoms with Crippen LogP contribution in [-0.4, -0.2) is 65.4 Å². The number of aromatic amines is 1. The van der Waals surface area contributed by atoms with Gasteiger partial charge in [0.2, 0.25) is 0 Å². The van der Waals surface area contributed by atoms with Gasteiger partial charge in [-0.05, 0) is 44.2 Å². The lowest BCUT2D eigenvalue weighted by Crippen LogP contribution is -2.48. The van der Waals surface area contributed by atoms with E-state index in [0.717, 1.165) is 41.0 Å². The van der Waals surface area contributed by atoms with Gasteiger partial charge in [-0.25, -0.2) is 4.98 Å². The Kier molecular flexibility index (Phi) is 7.89. The second-order valence-electron chi connectivity index (χ2n) is 9.14. The highest BCUT2D eigenvalue weighted by molar-refractivity contribution is 7.13. The van der Waals surface area contributed by atoms with E-state index in [2.05, 4.69) is 25.5 Å². The van der Waals surface area contributed by atoms with Gasteiger partial charge in [-0.2, -0.15) is 0 Å². The fourth-order valence-corrected chi connectivity index (χ4v) is 6.11. The van der Waals surface area contributed by atoms with Crippen molar-refractivity contribution in [2.45, 2.75) is 37.9 Å². The summed E-state index contributed by atoms with van der Waals surface area (Å²) in [6.45, 7) is 1.69. The first-order valence-electron chi connectivity index (χ1n) is 11.5. The van der Waals surface area contributed by atoms with Crippen LogP contribution in [0.5, 0.6) is 0 Å². The molecule has 2 amide bonds. The van der Waals surface area contributed by atoms with E-state index in [1.54, 1.807) is 18.2 Å². The minimum Gasteiger partial charge on any atom is -0.469 e. The third-order valence-corrected chi connectivity index (χ3v) is 7.99. The Morgan fingerprint density at radius 3 is 2.61 bits per heavy atom. The number of methoxy groups -OCH3 is 1. The Balaban J connectivity index is 0.00000304. The maximum atomic E-state index is 13.1. The molecule has 192 valence electrons. The molecule has 0 bridgehead atoms. The van der Waals surface area contributed by atoms with E-state index in [9.17, 15) is 14.4 Å². The predicted octanol–water partition coefficient (Wildman–Crippen LogP) is 3.17. The van der Waals surface area contributed by atoms with Gasteiger partial charge >= 0.3 is 5.97 Å². The molecule has 2 unspecified atom stereocenters. The van der Waals surface area contributed by atoms with E-state index in [1.807, 2.05) is 13.1 Å². The highest BCUT2D eigenvalue weighted by atomic mass is 35.5. The number of fused-ring (bicyclic) bond motifs is 2. The van der Waals surface area contributed by atoms with Gasteiger partial charge in [-0.3, -0.25) is 14.4 Å². The largest absolute Gasteiger partial charge is 0.469 e. The van der Waals surface area contributed by atoms with Crippen LogP contribution in [0, 0.1) is 5.92 Å². The zero-order valence-electron chi connectivity index (χ0n) is 19.8. The molecule has 36 heavy (non-hydrogen) atoms. The van der Waals surface area contributed by atoms with Crippen LogP contribution in [0.1, 0.15) is 43.7 Å². The van der Waals surface area contributed by atoms with E-state index in [1.165, 1.54) is 18.4 Å². The fourth-order valence-electron chi connectivity index (χ4n) is 4.84. The third kappa shape index (κ3) is 5.36. The summed E-state index contributed by atoms with van der Waals surface area (Å²) in [4.78, 5) is 49.3. The molecule has 0 saturated heterocycles. The first kappa shape index (κ1) is 26.4. The van der Waals surface area contributed by atoms with Crippen LogP contribution in [0.3, 0.4) is 0 Å². The molecule has 3 heterocycles. The minimum atomic E-state index is -0.439. The average molecular weight is 552 g/mol. The summed E-state index contributed by atoms with van der Waals surface area (Å²) < 4.78 is 4.93. The molecule has 0 radical (unpaired) electrons. The molecule has 9 nitrogen and oxygen atoms in total. The maximum absolute atomic E-state index is 13.1. The van der Waals surface area contributed by atoms with Gasteiger partial charge in [0.25, 0.3) is 11.8 Å². The number of benzene rings is 1. The minimum absolute atomic E-state index is 0. The molecule has 3 atom stereocenters. The van der Waals surface area contributed by atoms with Crippen molar-refractivity contribution in [1.82, 2.24) is 25.5 Å². The average Bonchev–Trinajstić information content (AvgIpc) is 3.54. The first-order chi connectivity index (χ1) is 16.8. The van der Waals surface area contributed by atoms with Crippen molar-refractivity contribution >= 4 is 64.0 Å². The van der Waals surface area contributed by atoms with Crippen LogP contribution in [-0.2, 0) is 22.5 Å². The second kappa shape index (κ2) is 10.8. The second-order valence-corrected chi connectivity index (χ2v) is 10.7. The Morgan fingerprint density at radius 1 is 1.17 bits per heavy atom. The van der Waals surface area contributed by atoms with Crippen LogP contribution >= 0.6 is 35.3 Å². The smallest absolute Gasteiger partial charge is 0.308 e. The van der Waals surface area contributed by atoms with E-state index < -0.39 is 18.0 Å². The molecular formula is C24H27Cl2N5O4S. The van der Waals surface area contributed by atoms with Gasteiger partial charge in [-0.1, -0.05) is 11.6 Å². The SMILES string of the molecule is COC(=O)C1CC(NC(=O)c2cc3cc(Cl)ccc3[nH]2)[C@H](NC(=O)c2nc3c(s2)CN(C)CC3)C1.Cl. The van der Waals surface area contributed by atoms with Gasteiger partial charge in [0.15, 0.2) is 5.01 Å². The van der Waals surface area contributed by atoms with Crippen LogP contribution in [0.25, 0.3) is 10.9 Å². The zero-order valence-corrected chi connectivity index (χ0v) is 22.2.